The molecular formula is C46H77N5O2. The summed E-state index contributed by atoms with van der Waals surface area (Å²) in [5.41, 5.74) is 7.87. The summed E-state index contributed by atoms with van der Waals surface area (Å²) in [6.45, 7) is 25.4. The number of aryl methyl sites for hydroxylation is 3. The number of hydrogen-bond donors (Lipinski definition) is 2. The van der Waals surface area contributed by atoms with Gasteiger partial charge < -0.3 is 14.6 Å². The number of fused-ring (bicyclic) bond motifs is 1. The summed E-state index contributed by atoms with van der Waals surface area (Å²) < 4.78 is 7.63. The number of anilines is 1. The van der Waals surface area contributed by atoms with Crippen LogP contribution in [-0.4, -0.2) is 40.6 Å². The fourth-order valence-electron chi connectivity index (χ4n) is 6.67. The van der Waals surface area contributed by atoms with E-state index in [-0.39, 0.29) is 5.91 Å². The van der Waals surface area contributed by atoms with E-state index in [4.69, 9.17) is 9.72 Å². The van der Waals surface area contributed by atoms with Gasteiger partial charge in [0.2, 0.25) is 5.95 Å². The van der Waals surface area contributed by atoms with Crippen LogP contribution in [-0.2, 0) is 11.8 Å². The molecule has 298 valence electrons. The van der Waals surface area contributed by atoms with Crippen molar-refractivity contribution in [3.8, 4) is 0 Å². The van der Waals surface area contributed by atoms with Gasteiger partial charge in [-0.3, -0.25) is 15.1 Å². The van der Waals surface area contributed by atoms with Crippen LogP contribution in [0.2, 0.25) is 0 Å². The van der Waals surface area contributed by atoms with E-state index in [1.54, 1.807) is 13.2 Å². The van der Waals surface area contributed by atoms with Gasteiger partial charge in [-0.25, -0.2) is 4.98 Å². The Bertz CT molecular complexity index is 1540. The molecule has 0 radical (unpaired) electrons. The van der Waals surface area contributed by atoms with E-state index >= 15 is 0 Å². The SMILES string of the molecule is C1CCCC1.CC.CC.CCC/C(OC)=C(\C=C(\C)CC)c1cc(C(=O)Nc2nc3ccc(C)cc3n2C)cc(C)n1.CCCCC1(CCC)CNC1. The molecule has 7 heteroatoms. The Morgan fingerprint density at radius 1 is 0.906 bits per heavy atom. The van der Waals surface area contributed by atoms with Gasteiger partial charge in [0.05, 0.1) is 23.8 Å². The van der Waals surface area contributed by atoms with Crippen molar-refractivity contribution < 1.29 is 9.53 Å². The smallest absolute Gasteiger partial charge is 0.258 e. The molecule has 2 aliphatic rings. The summed E-state index contributed by atoms with van der Waals surface area (Å²) in [6, 6.07) is 9.67. The minimum Gasteiger partial charge on any atom is -0.500 e. The summed E-state index contributed by atoms with van der Waals surface area (Å²) in [4.78, 5) is 22.6. The molecule has 53 heavy (non-hydrogen) atoms. The maximum atomic E-state index is 13.2. The lowest BCUT2D eigenvalue weighted by Gasteiger charge is -2.43. The molecule has 7 nitrogen and oxygen atoms in total. The van der Waals surface area contributed by atoms with E-state index in [1.165, 1.54) is 82.9 Å². The maximum absolute atomic E-state index is 13.2. The third kappa shape index (κ3) is 15.4. The fraction of sp³-hybridized carbons (Fsp3) is 0.630. The second-order valence-corrected chi connectivity index (χ2v) is 14.2. The van der Waals surface area contributed by atoms with Crippen LogP contribution >= 0.6 is 0 Å². The first-order valence-corrected chi connectivity index (χ1v) is 21.0. The normalized spacial score (nSPS) is 14.8. The number of hydrogen-bond acceptors (Lipinski definition) is 5. The highest BCUT2D eigenvalue weighted by molar-refractivity contribution is 6.04. The molecule has 1 aliphatic heterocycles. The third-order valence-corrected chi connectivity index (χ3v) is 9.82. The Morgan fingerprint density at radius 2 is 1.55 bits per heavy atom. The van der Waals surface area contributed by atoms with Crippen molar-refractivity contribution in [2.45, 2.75) is 160 Å². The van der Waals surface area contributed by atoms with Crippen LogP contribution in [0.15, 0.2) is 47.7 Å². The Kier molecular flexibility index (Phi) is 23.6. The number of imidazole rings is 1. The summed E-state index contributed by atoms with van der Waals surface area (Å²) in [5, 5.41) is 6.37. The number of ether oxygens (including phenoxy) is 1. The molecule has 5 rings (SSSR count). The maximum Gasteiger partial charge on any atom is 0.258 e. The molecule has 1 saturated heterocycles. The summed E-state index contributed by atoms with van der Waals surface area (Å²) >= 11 is 0. The Hall–Kier alpha value is -3.45. The number of carbonyl (C=O) groups excluding carboxylic acids is 1. The second kappa shape index (κ2) is 26.3. The zero-order valence-electron chi connectivity index (χ0n) is 36.2. The van der Waals surface area contributed by atoms with Gasteiger partial charge in [-0.1, -0.05) is 124 Å². The number of nitrogens with one attached hydrogen (secondary N) is 2. The van der Waals surface area contributed by atoms with Gasteiger partial charge in [-0.05, 0) is 81.7 Å². The molecule has 1 amide bonds. The van der Waals surface area contributed by atoms with Crippen LogP contribution in [0.1, 0.15) is 173 Å². The Morgan fingerprint density at radius 3 is 2.06 bits per heavy atom. The van der Waals surface area contributed by atoms with Crippen LogP contribution in [0.3, 0.4) is 0 Å². The van der Waals surface area contributed by atoms with Crippen LogP contribution in [0.5, 0.6) is 0 Å². The highest BCUT2D eigenvalue weighted by Crippen LogP contribution is 2.34. The Labute approximate surface area is 324 Å². The molecular weight excluding hydrogens is 655 g/mol. The molecule has 3 aromatic rings. The number of allylic oxidation sites excluding steroid dienone is 4. The van der Waals surface area contributed by atoms with Gasteiger partial charge in [-0.15, -0.1) is 0 Å². The second-order valence-electron chi connectivity index (χ2n) is 14.2. The summed E-state index contributed by atoms with van der Waals surface area (Å²) in [7, 11) is 3.60. The lowest BCUT2D eigenvalue weighted by atomic mass is 9.74. The molecule has 0 bridgehead atoms. The van der Waals surface area contributed by atoms with Crippen LogP contribution in [0, 0.1) is 19.3 Å². The largest absolute Gasteiger partial charge is 0.500 e. The number of unbranched alkanes of at least 4 members (excludes halogenated alkanes) is 1. The highest BCUT2D eigenvalue weighted by atomic mass is 16.5. The first-order valence-electron chi connectivity index (χ1n) is 21.0. The minimum atomic E-state index is -0.220. The average Bonchev–Trinajstić information content (AvgIpc) is 3.85. The summed E-state index contributed by atoms with van der Waals surface area (Å²) in [6.07, 6.45) is 19.3. The molecule has 0 unspecified atom stereocenters. The van der Waals surface area contributed by atoms with E-state index in [0.29, 0.717) is 16.9 Å². The van der Waals surface area contributed by atoms with Crippen molar-refractivity contribution in [1.29, 1.82) is 0 Å². The molecule has 1 aromatic carbocycles. The van der Waals surface area contributed by atoms with E-state index in [0.717, 1.165) is 58.6 Å². The lowest BCUT2D eigenvalue weighted by Crippen LogP contribution is -2.53. The zero-order chi connectivity index (χ0) is 39.8. The van der Waals surface area contributed by atoms with Gasteiger partial charge in [0.25, 0.3) is 5.91 Å². The first-order chi connectivity index (χ1) is 25.6. The van der Waals surface area contributed by atoms with Crippen LogP contribution in [0.25, 0.3) is 16.6 Å². The molecule has 2 fully saturated rings. The molecule has 2 aromatic heterocycles. The lowest BCUT2D eigenvalue weighted by molar-refractivity contribution is 0.102. The van der Waals surface area contributed by atoms with Crippen molar-refractivity contribution in [2.24, 2.45) is 12.5 Å². The van der Waals surface area contributed by atoms with E-state index in [9.17, 15) is 4.79 Å². The van der Waals surface area contributed by atoms with Crippen LogP contribution < -0.4 is 10.6 Å². The standard InChI is InChI=1S/C27H34N4O2.C10H21N.C5H10.2C2H6/c1-8-10-25(33-7)21(13-17(3)9-2)23-16-20(15-19(5)28-23)26(32)30-27-29-22-12-11-18(4)14-24(22)31(27)6;1-3-5-7-10(6-4-2)8-11-9-10;1-2-4-5-3-1;2*1-2/h11-16H,8-10H2,1-7H3,(H,29,30,32);11H,3-9H2,1-2H3;1-5H2;2*1-2H3/b17-13-,25-21-;;;;. The van der Waals surface area contributed by atoms with Gasteiger partial charge >= 0.3 is 0 Å². The van der Waals surface area contributed by atoms with E-state index in [2.05, 4.69) is 62.4 Å². The van der Waals surface area contributed by atoms with Crippen molar-refractivity contribution in [1.82, 2.24) is 19.9 Å². The Balaban J connectivity index is 0.000000571. The minimum absolute atomic E-state index is 0.220. The number of carbonyl (C=O) groups is 1. The van der Waals surface area contributed by atoms with Crippen molar-refractivity contribution >= 4 is 28.5 Å². The first kappa shape index (κ1) is 47.6. The number of methoxy groups -OCH3 is 1. The van der Waals surface area contributed by atoms with Gasteiger partial charge in [-0.2, -0.15) is 0 Å². The van der Waals surface area contributed by atoms with Crippen LogP contribution in [0.4, 0.5) is 5.95 Å². The van der Waals surface area contributed by atoms with E-state index < -0.39 is 0 Å². The summed E-state index contributed by atoms with van der Waals surface area (Å²) in [5.74, 6) is 1.17. The molecule has 2 N–H and O–H groups in total. The van der Waals surface area contributed by atoms with Crippen molar-refractivity contribution in [3.63, 3.8) is 0 Å². The third-order valence-electron chi connectivity index (χ3n) is 9.82. The van der Waals surface area contributed by atoms with Gasteiger partial charge in [0.15, 0.2) is 0 Å². The number of pyridine rings is 1. The predicted molar refractivity (Wildman–Crippen MR) is 231 cm³/mol. The molecule has 1 aliphatic carbocycles. The monoisotopic (exact) mass is 732 g/mol. The van der Waals surface area contributed by atoms with Crippen molar-refractivity contribution in [2.75, 3.05) is 25.5 Å². The van der Waals surface area contributed by atoms with Gasteiger partial charge in [0.1, 0.15) is 5.76 Å². The predicted octanol–water partition coefficient (Wildman–Crippen LogP) is 12.9. The number of nitrogens with zero attached hydrogens (tertiary/aromatic N) is 3. The van der Waals surface area contributed by atoms with E-state index in [1.807, 2.05) is 71.4 Å². The van der Waals surface area contributed by atoms with Gasteiger partial charge in [0, 0.05) is 43.4 Å². The molecule has 0 atom stereocenters. The number of aromatic nitrogens is 3. The molecule has 3 heterocycles. The topological polar surface area (TPSA) is 81.1 Å². The zero-order valence-corrected chi connectivity index (χ0v) is 36.2. The average molecular weight is 732 g/mol. The fourth-order valence-corrected chi connectivity index (χ4v) is 6.67. The van der Waals surface area contributed by atoms with Crippen molar-refractivity contribution in [3.05, 3.63) is 70.3 Å². The molecule has 1 saturated carbocycles. The molecule has 0 spiro atoms. The number of rotatable bonds is 13. The number of benzene rings is 1. The quantitative estimate of drug-likeness (QED) is 0.135. The highest BCUT2D eigenvalue weighted by Gasteiger charge is 2.34. The number of amides is 1.